The van der Waals surface area contributed by atoms with Gasteiger partial charge in [0.15, 0.2) is 5.82 Å². The van der Waals surface area contributed by atoms with E-state index in [1.54, 1.807) is 12.4 Å². The van der Waals surface area contributed by atoms with Crippen molar-refractivity contribution >= 4 is 15.9 Å². The zero-order chi connectivity index (χ0) is 20.0. The molecule has 2 aromatic rings. The predicted octanol–water partition coefficient (Wildman–Crippen LogP) is 7.44. The number of aromatic nitrogens is 2. The van der Waals surface area contributed by atoms with Crippen LogP contribution >= 0.6 is 15.9 Å². The van der Waals surface area contributed by atoms with Crippen molar-refractivity contribution in [3.05, 3.63) is 46.7 Å². The van der Waals surface area contributed by atoms with Gasteiger partial charge in [0.2, 0.25) is 0 Å². The molecule has 152 valence electrons. The van der Waals surface area contributed by atoms with E-state index in [9.17, 15) is 4.39 Å². The highest BCUT2D eigenvalue weighted by atomic mass is 79.9. The third-order valence-corrected chi connectivity index (χ3v) is 6.53. The van der Waals surface area contributed by atoms with Gasteiger partial charge in [0, 0.05) is 23.9 Å². The molecule has 5 heteroatoms. The minimum absolute atomic E-state index is 0.468. The van der Waals surface area contributed by atoms with E-state index >= 15 is 4.39 Å². The molecule has 0 bridgehead atoms. The molecule has 0 aliphatic heterocycles. The van der Waals surface area contributed by atoms with Gasteiger partial charge in [-0.3, -0.25) is 4.39 Å². The Balaban J connectivity index is 1.66. The van der Waals surface area contributed by atoms with Crippen molar-refractivity contribution in [2.75, 3.05) is 6.67 Å². The van der Waals surface area contributed by atoms with Gasteiger partial charge in [-0.15, -0.1) is 0 Å². The van der Waals surface area contributed by atoms with Crippen LogP contribution < -0.4 is 0 Å². The molecule has 1 aromatic heterocycles. The minimum atomic E-state index is -1.44. The molecular formula is C23H29BrF2N2. The van der Waals surface area contributed by atoms with Crippen LogP contribution in [0.3, 0.4) is 0 Å². The number of nitrogens with zero attached hydrogens (tertiary/aromatic N) is 2. The smallest absolute Gasteiger partial charge is 0.159 e. The second-order valence-electron chi connectivity index (χ2n) is 8.03. The van der Waals surface area contributed by atoms with Gasteiger partial charge in [-0.1, -0.05) is 56.9 Å². The molecule has 0 saturated heterocycles. The molecule has 1 aliphatic rings. The summed E-state index contributed by atoms with van der Waals surface area (Å²) < 4.78 is 30.4. The van der Waals surface area contributed by atoms with E-state index in [1.165, 1.54) is 25.7 Å². The van der Waals surface area contributed by atoms with E-state index in [-0.39, 0.29) is 0 Å². The lowest BCUT2D eigenvalue weighted by atomic mass is 9.70. The molecule has 1 aliphatic carbocycles. The van der Waals surface area contributed by atoms with Crippen molar-refractivity contribution in [1.29, 1.82) is 0 Å². The van der Waals surface area contributed by atoms with Gasteiger partial charge in [-0.25, -0.2) is 14.4 Å². The average Bonchev–Trinajstić information content (AvgIpc) is 2.71. The zero-order valence-corrected chi connectivity index (χ0v) is 18.1. The fourth-order valence-corrected chi connectivity index (χ4v) is 4.53. The number of hydrogen-bond donors (Lipinski definition) is 0. The number of hydrogen-bond acceptors (Lipinski definition) is 2. The van der Waals surface area contributed by atoms with Crippen molar-refractivity contribution in [2.45, 2.75) is 69.9 Å². The summed E-state index contributed by atoms with van der Waals surface area (Å²) in [6.07, 6.45) is 10.9. The molecule has 0 spiro atoms. The first-order valence-electron chi connectivity index (χ1n) is 10.4. The maximum Gasteiger partial charge on any atom is 0.159 e. The van der Waals surface area contributed by atoms with Gasteiger partial charge >= 0.3 is 0 Å². The largest absolute Gasteiger partial charge is 0.250 e. The summed E-state index contributed by atoms with van der Waals surface area (Å²) in [6, 6.07) is 7.39. The van der Waals surface area contributed by atoms with Gasteiger partial charge in [-0.2, -0.15) is 0 Å². The van der Waals surface area contributed by atoms with Gasteiger partial charge in [0.1, 0.15) is 5.67 Å². The Kier molecular flexibility index (Phi) is 7.55. The first kappa shape index (κ1) is 21.4. The van der Waals surface area contributed by atoms with Crippen LogP contribution in [0.1, 0.15) is 69.8 Å². The van der Waals surface area contributed by atoms with E-state index in [0.29, 0.717) is 24.6 Å². The molecule has 0 radical (unpaired) electrons. The number of alkyl halides is 2. The predicted molar refractivity (Wildman–Crippen MR) is 114 cm³/mol. The van der Waals surface area contributed by atoms with Crippen molar-refractivity contribution in [2.24, 2.45) is 5.92 Å². The van der Waals surface area contributed by atoms with E-state index in [0.717, 1.165) is 28.4 Å². The quantitative estimate of drug-likeness (QED) is 0.390. The second-order valence-corrected chi connectivity index (χ2v) is 8.94. The maximum atomic E-state index is 15.7. The van der Waals surface area contributed by atoms with Crippen LogP contribution in [0.4, 0.5) is 8.78 Å². The molecule has 28 heavy (non-hydrogen) atoms. The Morgan fingerprint density at radius 3 is 2.32 bits per heavy atom. The van der Waals surface area contributed by atoms with Gasteiger partial charge in [0.05, 0.1) is 11.1 Å². The molecule has 1 saturated carbocycles. The van der Waals surface area contributed by atoms with Crippen LogP contribution in [-0.2, 0) is 0 Å². The summed E-state index contributed by atoms with van der Waals surface area (Å²) in [6.45, 7) is 1.54. The number of benzene rings is 1. The van der Waals surface area contributed by atoms with Crippen LogP contribution in [-0.4, -0.2) is 22.3 Å². The fourth-order valence-electron chi connectivity index (χ4n) is 4.33. The molecule has 3 rings (SSSR count). The minimum Gasteiger partial charge on any atom is -0.250 e. The SMILES string of the molecule is CCCCCC1CCC(F)(C(CF)c2ccc(-c3ncc(Br)cn3)cc2)CC1. The fraction of sp³-hybridized carbons (Fsp3) is 0.565. The first-order valence-corrected chi connectivity index (χ1v) is 11.2. The number of unbranched alkanes of at least 4 members (excludes halogenated alkanes) is 2. The zero-order valence-electron chi connectivity index (χ0n) is 16.5. The van der Waals surface area contributed by atoms with Crippen LogP contribution in [0.25, 0.3) is 11.4 Å². The standard InChI is InChI=1S/C23H29BrF2N2/c1-2-3-4-5-17-10-12-23(26,13-11-17)21(14-25)18-6-8-19(9-7-18)22-27-15-20(24)16-28-22/h6-9,15-17,21H,2-5,10-14H2,1H3. The summed E-state index contributed by atoms with van der Waals surface area (Å²) in [4.78, 5) is 8.56. The van der Waals surface area contributed by atoms with Gasteiger partial charge < -0.3 is 0 Å². The molecule has 1 fully saturated rings. The summed E-state index contributed by atoms with van der Waals surface area (Å²) in [7, 11) is 0. The lowest BCUT2D eigenvalue weighted by Crippen LogP contribution is -2.37. The molecule has 0 amide bonds. The monoisotopic (exact) mass is 450 g/mol. The summed E-state index contributed by atoms with van der Waals surface area (Å²) in [5, 5.41) is 0. The Labute approximate surface area is 175 Å². The maximum absolute atomic E-state index is 15.7. The third-order valence-electron chi connectivity index (χ3n) is 6.12. The van der Waals surface area contributed by atoms with E-state index in [2.05, 4.69) is 32.8 Å². The Hall–Kier alpha value is -1.36. The van der Waals surface area contributed by atoms with Crippen molar-refractivity contribution in [1.82, 2.24) is 9.97 Å². The normalized spacial score (nSPS) is 23.5. The lowest BCUT2D eigenvalue weighted by Gasteiger charge is -2.39. The molecule has 1 aromatic carbocycles. The second kappa shape index (κ2) is 9.91. The number of halogens is 3. The summed E-state index contributed by atoms with van der Waals surface area (Å²) in [5.41, 5.74) is 0.141. The average molecular weight is 451 g/mol. The van der Waals surface area contributed by atoms with E-state index in [4.69, 9.17) is 0 Å². The molecular weight excluding hydrogens is 422 g/mol. The van der Waals surface area contributed by atoms with Crippen LogP contribution in [0.5, 0.6) is 0 Å². The lowest BCUT2D eigenvalue weighted by molar-refractivity contribution is 0.0427. The van der Waals surface area contributed by atoms with Gasteiger partial charge in [-0.05, 0) is 53.1 Å². The first-order chi connectivity index (χ1) is 13.6. The summed E-state index contributed by atoms with van der Waals surface area (Å²) in [5.74, 6) is 0.519. The van der Waals surface area contributed by atoms with E-state index in [1.807, 2.05) is 24.3 Å². The van der Waals surface area contributed by atoms with Crippen molar-refractivity contribution in [3.63, 3.8) is 0 Å². The molecule has 0 N–H and O–H groups in total. The van der Waals surface area contributed by atoms with Crippen LogP contribution in [0, 0.1) is 5.92 Å². The highest BCUT2D eigenvalue weighted by Gasteiger charge is 2.43. The van der Waals surface area contributed by atoms with Crippen molar-refractivity contribution < 1.29 is 8.78 Å². The molecule has 1 heterocycles. The number of rotatable bonds is 8. The third kappa shape index (κ3) is 5.16. The topological polar surface area (TPSA) is 25.8 Å². The molecule has 1 unspecified atom stereocenters. The Bertz CT molecular complexity index is 725. The molecule has 1 atom stereocenters. The van der Waals surface area contributed by atoms with E-state index < -0.39 is 18.3 Å². The summed E-state index contributed by atoms with van der Waals surface area (Å²) >= 11 is 3.32. The molecule has 2 nitrogen and oxygen atoms in total. The van der Waals surface area contributed by atoms with Crippen LogP contribution in [0.15, 0.2) is 41.1 Å². The van der Waals surface area contributed by atoms with Crippen LogP contribution in [0.2, 0.25) is 0 Å². The highest BCUT2D eigenvalue weighted by Crippen LogP contribution is 2.46. The Morgan fingerprint density at radius 1 is 1.11 bits per heavy atom. The Morgan fingerprint density at radius 2 is 1.75 bits per heavy atom. The van der Waals surface area contributed by atoms with Crippen molar-refractivity contribution in [3.8, 4) is 11.4 Å². The highest BCUT2D eigenvalue weighted by molar-refractivity contribution is 9.10. The van der Waals surface area contributed by atoms with Gasteiger partial charge in [0.25, 0.3) is 0 Å².